The lowest BCUT2D eigenvalue weighted by atomic mass is 10.4. The first-order valence-electron chi connectivity index (χ1n) is 5.88. The Kier molecular flexibility index (Phi) is 4.19. The molecule has 3 nitrogen and oxygen atoms in total. The van der Waals surface area contributed by atoms with Gasteiger partial charge in [-0.3, -0.25) is 4.68 Å². The van der Waals surface area contributed by atoms with E-state index in [4.69, 9.17) is 17.3 Å². The number of anilines is 1. The summed E-state index contributed by atoms with van der Waals surface area (Å²) in [6, 6.07) is 7.76. The molecule has 2 rings (SSSR count). The highest BCUT2D eigenvalue weighted by atomic mass is 35.5. The first kappa shape index (κ1) is 13.3. The van der Waals surface area contributed by atoms with Crippen LogP contribution in [0.5, 0.6) is 0 Å². The molecule has 5 heteroatoms. The summed E-state index contributed by atoms with van der Waals surface area (Å²) in [5.74, 6) is 0. The van der Waals surface area contributed by atoms with Crippen molar-refractivity contribution in [1.82, 2.24) is 9.78 Å². The van der Waals surface area contributed by atoms with Crippen molar-refractivity contribution in [1.29, 1.82) is 0 Å². The lowest BCUT2D eigenvalue weighted by molar-refractivity contribution is 0.556. The fraction of sp³-hybridized carbons (Fsp3) is 0.308. The van der Waals surface area contributed by atoms with Crippen LogP contribution in [0.1, 0.15) is 19.0 Å². The van der Waals surface area contributed by atoms with E-state index in [9.17, 15) is 0 Å². The summed E-state index contributed by atoms with van der Waals surface area (Å²) >= 11 is 7.74. The summed E-state index contributed by atoms with van der Waals surface area (Å²) in [7, 11) is 0. The third kappa shape index (κ3) is 2.65. The first-order valence-corrected chi connectivity index (χ1v) is 7.08. The summed E-state index contributed by atoms with van der Waals surface area (Å²) in [6.07, 6.45) is 1.02. The number of halogens is 1. The van der Waals surface area contributed by atoms with Crippen LogP contribution in [-0.2, 0) is 6.54 Å². The zero-order chi connectivity index (χ0) is 13.1. The van der Waals surface area contributed by atoms with Gasteiger partial charge in [0, 0.05) is 11.4 Å². The second-order valence-electron chi connectivity index (χ2n) is 4.06. The normalized spacial score (nSPS) is 10.8. The van der Waals surface area contributed by atoms with Gasteiger partial charge >= 0.3 is 0 Å². The number of nitrogen functional groups attached to an aromatic ring is 1. The van der Waals surface area contributed by atoms with Crippen LogP contribution in [0.4, 0.5) is 5.69 Å². The van der Waals surface area contributed by atoms with E-state index >= 15 is 0 Å². The molecule has 1 heterocycles. The van der Waals surface area contributed by atoms with Crippen LogP contribution in [0.25, 0.3) is 0 Å². The van der Waals surface area contributed by atoms with Gasteiger partial charge in [0.15, 0.2) is 0 Å². The Morgan fingerprint density at radius 1 is 1.39 bits per heavy atom. The molecule has 0 atom stereocenters. The number of hydrogen-bond acceptors (Lipinski definition) is 3. The maximum absolute atomic E-state index is 6.17. The minimum atomic E-state index is 0.740. The van der Waals surface area contributed by atoms with Crippen molar-refractivity contribution < 1.29 is 0 Å². The van der Waals surface area contributed by atoms with Crippen LogP contribution in [0, 0.1) is 6.92 Å². The number of rotatable bonds is 4. The molecule has 0 fully saturated rings. The maximum atomic E-state index is 6.17. The molecule has 0 aliphatic rings. The van der Waals surface area contributed by atoms with E-state index in [0.717, 1.165) is 39.3 Å². The van der Waals surface area contributed by atoms with E-state index in [1.807, 2.05) is 35.9 Å². The van der Waals surface area contributed by atoms with Crippen LogP contribution in [0.15, 0.2) is 34.2 Å². The Balaban J connectivity index is 2.36. The number of hydrogen-bond donors (Lipinski definition) is 1. The topological polar surface area (TPSA) is 43.8 Å². The maximum Gasteiger partial charge on any atom is 0.122 e. The fourth-order valence-electron chi connectivity index (χ4n) is 1.68. The molecule has 0 saturated heterocycles. The third-order valence-corrected chi connectivity index (χ3v) is 4.25. The molecule has 96 valence electrons. The summed E-state index contributed by atoms with van der Waals surface area (Å²) in [6.45, 7) is 4.92. The molecule has 18 heavy (non-hydrogen) atoms. The molecule has 0 aliphatic carbocycles. The molecule has 0 aliphatic heterocycles. The van der Waals surface area contributed by atoms with Crippen LogP contribution in [0.2, 0.25) is 5.02 Å². The van der Waals surface area contributed by atoms with Gasteiger partial charge in [0.1, 0.15) is 5.03 Å². The molecule has 0 spiro atoms. The molecule has 0 bridgehead atoms. The van der Waals surface area contributed by atoms with E-state index in [1.165, 1.54) is 0 Å². The van der Waals surface area contributed by atoms with Gasteiger partial charge < -0.3 is 5.73 Å². The Morgan fingerprint density at radius 2 is 2.11 bits per heavy atom. The molecule has 0 radical (unpaired) electrons. The van der Waals surface area contributed by atoms with Crippen LogP contribution < -0.4 is 5.73 Å². The standard InChI is InChI=1S/C13H16ClN3S/c1-3-8-17-13(12(15)9(2)16-17)18-11-7-5-4-6-10(11)14/h4-7H,3,8,15H2,1-2H3. The van der Waals surface area contributed by atoms with Crippen molar-refractivity contribution in [2.24, 2.45) is 0 Å². The van der Waals surface area contributed by atoms with Crippen LogP contribution in [0.3, 0.4) is 0 Å². The third-order valence-electron chi connectivity index (χ3n) is 2.60. The predicted octanol–water partition coefficient (Wildman–Crippen LogP) is 3.99. The number of benzene rings is 1. The van der Waals surface area contributed by atoms with E-state index in [1.54, 1.807) is 11.8 Å². The van der Waals surface area contributed by atoms with Gasteiger partial charge in [-0.15, -0.1) is 0 Å². The molecule has 2 aromatic rings. The van der Waals surface area contributed by atoms with Gasteiger partial charge in [0.05, 0.1) is 16.4 Å². The van der Waals surface area contributed by atoms with Crippen molar-refractivity contribution in [2.75, 3.05) is 5.73 Å². The van der Waals surface area contributed by atoms with Crippen molar-refractivity contribution in [3.8, 4) is 0 Å². The molecule has 1 aromatic carbocycles. The van der Waals surface area contributed by atoms with Crippen molar-refractivity contribution in [2.45, 2.75) is 36.7 Å². The van der Waals surface area contributed by atoms with E-state index in [0.29, 0.717) is 0 Å². The van der Waals surface area contributed by atoms with Gasteiger partial charge in [-0.2, -0.15) is 5.10 Å². The quantitative estimate of drug-likeness (QED) is 0.921. The fourth-order valence-corrected chi connectivity index (χ4v) is 2.94. The number of aryl methyl sites for hydroxylation is 2. The van der Waals surface area contributed by atoms with Crippen LogP contribution in [-0.4, -0.2) is 9.78 Å². The molecule has 0 amide bonds. The minimum Gasteiger partial charge on any atom is -0.395 e. The molecular weight excluding hydrogens is 266 g/mol. The Labute approximate surface area is 116 Å². The zero-order valence-electron chi connectivity index (χ0n) is 10.5. The second-order valence-corrected chi connectivity index (χ2v) is 5.50. The average molecular weight is 282 g/mol. The SMILES string of the molecule is CCCn1nc(C)c(N)c1Sc1ccccc1Cl. The van der Waals surface area contributed by atoms with Crippen molar-refractivity contribution >= 4 is 29.1 Å². The van der Waals surface area contributed by atoms with E-state index < -0.39 is 0 Å². The minimum absolute atomic E-state index is 0.740. The zero-order valence-corrected chi connectivity index (χ0v) is 12.1. The summed E-state index contributed by atoms with van der Waals surface area (Å²) in [4.78, 5) is 1.00. The summed E-state index contributed by atoms with van der Waals surface area (Å²) in [5.41, 5.74) is 7.70. The molecular formula is C13H16ClN3S. The Bertz CT molecular complexity index is 551. The lowest BCUT2D eigenvalue weighted by Crippen LogP contribution is -2.01. The molecule has 0 saturated carbocycles. The van der Waals surface area contributed by atoms with E-state index in [2.05, 4.69) is 12.0 Å². The van der Waals surface area contributed by atoms with Gasteiger partial charge in [-0.05, 0) is 25.5 Å². The van der Waals surface area contributed by atoms with Gasteiger partial charge in [0.2, 0.25) is 0 Å². The van der Waals surface area contributed by atoms with Crippen molar-refractivity contribution in [3.05, 3.63) is 35.0 Å². The Morgan fingerprint density at radius 3 is 2.78 bits per heavy atom. The highest BCUT2D eigenvalue weighted by molar-refractivity contribution is 7.99. The summed E-state index contributed by atoms with van der Waals surface area (Å²) in [5, 5.41) is 6.17. The molecule has 0 unspecified atom stereocenters. The monoisotopic (exact) mass is 281 g/mol. The average Bonchev–Trinajstić information content (AvgIpc) is 2.60. The van der Waals surface area contributed by atoms with Crippen molar-refractivity contribution in [3.63, 3.8) is 0 Å². The van der Waals surface area contributed by atoms with E-state index in [-0.39, 0.29) is 0 Å². The number of aromatic nitrogens is 2. The van der Waals surface area contributed by atoms with Crippen LogP contribution >= 0.6 is 23.4 Å². The van der Waals surface area contributed by atoms with Gasteiger partial charge in [-0.25, -0.2) is 0 Å². The summed E-state index contributed by atoms with van der Waals surface area (Å²) < 4.78 is 1.96. The largest absolute Gasteiger partial charge is 0.395 e. The van der Waals surface area contributed by atoms with Gasteiger partial charge in [-0.1, -0.05) is 42.4 Å². The Hall–Kier alpha value is -1.13. The predicted molar refractivity (Wildman–Crippen MR) is 77.2 cm³/mol. The highest BCUT2D eigenvalue weighted by Crippen LogP contribution is 2.37. The highest BCUT2D eigenvalue weighted by Gasteiger charge is 2.14. The smallest absolute Gasteiger partial charge is 0.122 e. The molecule has 1 aromatic heterocycles. The number of nitrogens with two attached hydrogens (primary N) is 1. The second kappa shape index (κ2) is 5.67. The van der Waals surface area contributed by atoms with Gasteiger partial charge in [0.25, 0.3) is 0 Å². The first-order chi connectivity index (χ1) is 8.63. The molecule has 2 N–H and O–H groups in total. The lowest BCUT2D eigenvalue weighted by Gasteiger charge is -2.07. The number of nitrogens with zero attached hydrogens (tertiary/aromatic N) is 2.